The van der Waals surface area contributed by atoms with Crippen LogP contribution in [-0.2, 0) is 17.8 Å². The SMILES string of the molecule is O=C1O[C@@H]2CN(Cc3cc4ccccc4o3)C[C@@H]2N1Cc1ccccn1. The number of pyridine rings is 1. The second-order valence-corrected chi connectivity index (χ2v) is 6.88. The minimum absolute atomic E-state index is 0.0638. The normalized spacial score (nSPS) is 22.8. The van der Waals surface area contributed by atoms with Crippen molar-refractivity contribution in [1.29, 1.82) is 0 Å². The van der Waals surface area contributed by atoms with Gasteiger partial charge in [0.25, 0.3) is 0 Å². The molecule has 2 atom stereocenters. The highest BCUT2D eigenvalue weighted by Gasteiger charge is 2.47. The Morgan fingerprint density at radius 3 is 2.81 bits per heavy atom. The number of para-hydroxylation sites is 1. The third-order valence-corrected chi connectivity index (χ3v) is 5.11. The van der Waals surface area contributed by atoms with Gasteiger partial charge in [0.1, 0.15) is 17.4 Å². The number of hydrogen-bond acceptors (Lipinski definition) is 5. The minimum atomic E-state index is -0.242. The molecule has 0 aliphatic carbocycles. The van der Waals surface area contributed by atoms with Gasteiger partial charge in [-0.25, -0.2) is 4.79 Å². The Morgan fingerprint density at radius 2 is 1.96 bits per heavy atom. The lowest BCUT2D eigenvalue weighted by Crippen LogP contribution is -2.37. The molecular formula is C20H19N3O3. The fourth-order valence-corrected chi connectivity index (χ4v) is 3.89. The number of nitrogens with zero attached hydrogens (tertiary/aromatic N) is 3. The Balaban J connectivity index is 1.29. The predicted octanol–water partition coefficient (Wildman–Crippen LogP) is 3.03. The minimum Gasteiger partial charge on any atom is -0.460 e. The fourth-order valence-electron chi connectivity index (χ4n) is 3.89. The average Bonchev–Trinajstić information content (AvgIpc) is 3.30. The van der Waals surface area contributed by atoms with E-state index in [9.17, 15) is 4.79 Å². The zero-order chi connectivity index (χ0) is 17.5. The molecular weight excluding hydrogens is 330 g/mol. The molecule has 0 unspecified atom stereocenters. The number of benzene rings is 1. The first-order valence-corrected chi connectivity index (χ1v) is 8.83. The molecule has 1 amide bonds. The monoisotopic (exact) mass is 349 g/mol. The second kappa shape index (κ2) is 6.14. The first-order valence-electron chi connectivity index (χ1n) is 8.83. The fraction of sp³-hybridized carbons (Fsp3) is 0.300. The maximum absolute atomic E-state index is 12.2. The van der Waals surface area contributed by atoms with Gasteiger partial charge in [0.2, 0.25) is 0 Å². The van der Waals surface area contributed by atoms with Crippen LogP contribution in [0.3, 0.4) is 0 Å². The summed E-state index contributed by atoms with van der Waals surface area (Å²) < 4.78 is 11.5. The number of fused-ring (bicyclic) bond motifs is 2. The molecule has 3 aromatic rings. The van der Waals surface area contributed by atoms with E-state index in [1.54, 1.807) is 11.1 Å². The molecule has 0 spiro atoms. The summed E-state index contributed by atoms with van der Waals surface area (Å²) in [6.45, 7) is 2.71. The maximum atomic E-state index is 12.2. The summed E-state index contributed by atoms with van der Waals surface area (Å²) >= 11 is 0. The first-order chi connectivity index (χ1) is 12.8. The van der Waals surface area contributed by atoms with Crippen LogP contribution in [0.2, 0.25) is 0 Å². The van der Waals surface area contributed by atoms with E-state index in [1.165, 1.54) is 0 Å². The number of carbonyl (C=O) groups excluding carboxylic acids is 1. The van der Waals surface area contributed by atoms with Gasteiger partial charge in [-0.2, -0.15) is 0 Å². The molecule has 0 saturated carbocycles. The van der Waals surface area contributed by atoms with Crippen molar-refractivity contribution in [3.8, 4) is 0 Å². The van der Waals surface area contributed by atoms with Gasteiger partial charge in [-0.05, 0) is 24.3 Å². The standard InChI is InChI=1S/C20H19N3O3/c24-20-23(10-15-6-3-4-8-21-15)17-12-22(13-19(17)26-20)11-16-9-14-5-1-2-7-18(14)25-16/h1-9,17,19H,10-13H2/t17-,19+/m0/s1. The smallest absolute Gasteiger partial charge is 0.410 e. The molecule has 5 rings (SSSR count). The summed E-state index contributed by atoms with van der Waals surface area (Å²) in [4.78, 5) is 20.6. The van der Waals surface area contributed by atoms with Crippen molar-refractivity contribution in [2.45, 2.75) is 25.2 Å². The molecule has 2 aliphatic heterocycles. The Labute approximate surface area is 151 Å². The van der Waals surface area contributed by atoms with E-state index in [0.717, 1.165) is 42.1 Å². The highest BCUT2D eigenvalue weighted by atomic mass is 16.6. The van der Waals surface area contributed by atoms with Crippen LogP contribution in [0.5, 0.6) is 0 Å². The lowest BCUT2D eigenvalue weighted by Gasteiger charge is -2.21. The topological polar surface area (TPSA) is 58.8 Å². The van der Waals surface area contributed by atoms with Gasteiger partial charge in [0.05, 0.1) is 24.8 Å². The van der Waals surface area contributed by atoms with Crippen LogP contribution in [0.4, 0.5) is 4.79 Å². The highest BCUT2D eigenvalue weighted by molar-refractivity contribution is 5.77. The van der Waals surface area contributed by atoms with E-state index >= 15 is 0 Å². The zero-order valence-electron chi connectivity index (χ0n) is 14.2. The van der Waals surface area contributed by atoms with Crippen LogP contribution in [0.15, 0.2) is 59.1 Å². The van der Waals surface area contributed by atoms with Gasteiger partial charge in [0, 0.05) is 24.7 Å². The number of amides is 1. The van der Waals surface area contributed by atoms with Crippen molar-refractivity contribution < 1.29 is 13.9 Å². The van der Waals surface area contributed by atoms with Gasteiger partial charge < -0.3 is 9.15 Å². The maximum Gasteiger partial charge on any atom is 0.410 e. The van der Waals surface area contributed by atoms with E-state index in [2.05, 4.69) is 22.0 Å². The summed E-state index contributed by atoms with van der Waals surface area (Å²) in [7, 11) is 0. The molecule has 2 aliphatic rings. The summed E-state index contributed by atoms with van der Waals surface area (Å²) in [6.07, 6.45) is 1.42. The van der Waals surface area contributed by atoms with Crippen LogP contribution in [0.25, 0.3) is 11.0 Å². The van der Waals surface area contributed by atoms with Crippen molar-refractivity contribution in [1.82, 2.24) is 14.8 Å². The molecule has 1 aromatic carbocycles. The molecule has 2 fully saturated rings. The van der Waals surface area contributed by atoms with E-state index < -0.39 is 0 Å². The van der Waals surface area contributed by atoms with Crippen molar-refractivity contribution in [2.75, 3.05) is 13.1 Å². The van der Waals surface area contributed by atoms with Gasteiger partial charge in [0.15, 0.2) is 0 Å². The third-order valence-electron chi connectivity index (χ3n) is 5.11. The number of rotatable bonds is 4. The van der Waals surface area contributed by atoms with Crippen LogP contribution >= 0.6 is 0 Å². The third kappa shape index (κ3) is 2.72. The molecule has 0 bridgehead atoms. The van der Waals surface area contributed by atoms with Crippen LogP contribution in [-0.4, -0.2) is 46.1 Å². The Kier molecular flexibility index (Phi) is 3.64. The summed E-state index contributed by atoms with van der Waals surface area (Å²) in [5.74, 6) is 0.939. The second-order valence-electron chi connectivity index (χ2n) is 6.88. The van der Waals surface area contributed by atoms with Crippen LogP contribution in [0, 0.1) is 0 Å². The number of likely N-dealkylation sites (tertiary alicyclic amines) is 1. The molecule has 0 N–H and O–H groups in total. The van der Waals surface area contributed by atoms with Crippen molar-refractivity contribution >= 4 is 17.1 Å². The van der Waals surface area contributed by atoms with Gasteiger partial charge in [-0.15, -0.1) is 0 Å². The van der Waals surface area contributed by atoms with Crippen LogP contribution in [0.1, 0.15) is 11.5 Å². The Hall–Kier alpha value is -2.86. The quantitative estimate of drug-likeness (QED) is 0.725. The van der Waals surface area contributed by atoms with E-state index in [4.69, 9.17) is 9.15 Å². The largest absolute Gasteiger partial charge is 0.460 e. The molecule has 2 saturated heterocycles. The molecule has 0 radical (unpaired) electrons. The summed E-state index contributed by atoms with van der Waals surface area (Å²) in [6, 6.07) is 15.9. The van der Waals surface area contributed by atoms with Gasteiger partial charge >= 0.3 is 6.09 Å². The number of furan rings is 1. The lowest BCUT2D eigenvalue weighted by molar-refractivity contribution is 0.118. The number of aromatic nitrogens is 1. The summed E-state index contributed by atoms with van der Waals surface area (Å²) in [5, 5.41) is 1.12. The molecule has 6 nitrogen and oxygen atoms in total. The summed E-state index contributed by atoms with van der Waals surface area (Å²) in [5.41, 5.74) is 1.78. The first kappa shape index (κ1) is 15.4. The molecule has 6 heteroatoms. The number of hydrogen-bond donors (Lipinski definition) is 0. The zero-order valence-corrected chi connectivity index (χ0v) is 14.2. The van der Waals surface area contributed by atoms with Crippen molar-refractivity contribution in [2.24, 2.45) is 0 Å². The van der Waals surface area contributed by atoms with Crippen molar-refractivity contribution in [3.05, 3.63) is 66.2 Å². The molecule has 2 aromatic heterocycles. The number of carbonyl (C=O) groups is 1. The van der Waals surface area contributed by atoms with E-state index in [-0.39, 0.29) is 18.2 Å². The van der Waals surface area contributed by atoms with Crippen LogP contribution < -0.4 is 0 Å². The predicted molar refractivity (Wildman–Crippen MR) is 95.3 cm³/mol. The number of ether oxygens (including phenoxy) is 1. The Morgan fingerprint density at radius 1 is 1.08 bits per heavy atom. The Bertz CT molecular complexity index is 907. The lowest BCUT2D eigenvalue weighted by atomic mass is 10.2. The molecule has 26 heavy (non-hydrogen) atoms. The molecule has 132 valence electrons. The average molecular weight is 349 g/mol. The van der Waals surface area contributed by atoms with E-state index in [1.807, 2.05) is 36.4 Å². The van der Waals surface area contributed by atoms with Gasteiger partial charge in [-0.1, -0.05) is 24.3 Å². The highest BCUT2D eigenvalue weighted by Crippen LogP contribution is 2.30. The molecule has 4 heterocycles. The van der Waals surface area contributed by atoms with Crippen molar-refractivity contribution in [3.63, 3.8) is 0 Å². The van der Waals surface area contributed by atoms with E-state index in [0.29, 0.717) is 6.54 Å². The van der Waals surface area contributed by atoms with Gasteiger partial charge in [-0.3, -0.25) is 14.8 Å².